The van der Waals surface area contributed by atoms with Gasteiger partial charge in [-0.05, 0) is 45.0 Å². The molecular formula is C29H36N6O3. The fourth-order valence-electron chi connectivity index (χ4n) is 5.44. The first-order valence-electron chi connectivity index (χ1n) is 13.2. The number of hydrogen-bond donors (Lipinski definition) is 1. The Bertz CT molecular complexity index is 1340. The number of ether oxygens (including phenoxy) is 1. The van der Waals surface area contributed by atoms with Gasteiger partial charge in [0.2, 0.25) is 5.91 Å². The second kappa shape index (κ2) is 10.9. The van der Waals surface area contributed by atoms with Gasteiger partial charge >= 0.3 is 6.01 Å². The van der Waals surface area contributed by atoms with Crippen LogP contribution in [0, 0.1) is 0 Å². The zero-order chi connectivity index (χ0) is 26.8. The van der Waals surface area contributed by atoms with E-state index in [2.05, 4.69) is 27.3 Å². The van der Waals surface area contributed by atoms with Gasteiger partial charge in [0, 0.05) is 62.0 Å². The quantitative estimate of drug-likeness (QED) is 0.480. The van der Waals surface area contributed by atoms with Crippen LogP contribution in [-0.4, -0.2) is 90.2 Å². The molecule has 9 heteroatoms. The molecule has 0 bridgehead atoms. The Hall–Kier alpha value is -3.85. The predicted octanol–water partition coefficient (Wildman–Crippen LogP) is 3.06. The molecule has 2 aromatic carbocycles. The molecule has 1 unspecified atom stereocenters. The van der Waals surface area contributed by atoms with Crippen LogP contribution in [0.4, 0.5) is 11.5 Å². The van der Waals surface area contributed by atoms with Gasteiger partial charge in [-0.3, -0.25) is 4.79 Å². The Balaban J connectivity index is 1.48. The molecule has 38 heavy (non-hydrogen) atoms. The lowest BCUT2D eigenvalue weighted by Crippen LogP contribution is -2.49. The number of fused-ring (bicyclic) bond motifs is 2. The number of nitrogens with zero attached hydrogens (tertiary/aromatic N) is 6. The first-order chi connectivity index (χ1) is 18.3. The summed E-state index contributed by atoms with van der Waals surface area (Å²) in [5, 5.41) is 12.5. The number of aromatic hydroxyl groups is 1. The van der Waals surface area contributed by atoms with E-state index in [0.29, 0.717) is 38.7 Å². The molecule has 2 aliphatic rings. The summed E-state index contributed by atoms with van der Waals surface area (Å²) in [6.45, 7) is 10.4. The Kier molecular flexibility index (Phi) is 7.37. The monoisotopic (exact) mass is 516 g/mol. The maximum absolute atomic E-state index is 12.1. The van der Waals surface area contributed by atoms with Gasteiger partial charge in [0.15, 0.2) is 0 Å². The number of carbonyl (C=O) groups excluding carboxylic acids is 1. The first kappa shape index (κ1) is 25.8. The zero-order valence-corrected chi connectivity index (χ0v) is 22.4. The van der Waals surface area contributed by atoms with Crippen molar-refractivity contribution >= 4 is 28.2 Å². The molecule has 1 atom stereocenters. The predicted molar refractivity (Wildman–Crippen MR) is 150 cm³/mol. The molecule has 0 aliphatic carbocycles. The van der Waals surface area contributed by atoms with Crippen molar-refractivity contribution in [3.63, 3.8) is 0 Å². The number of likely N-dealkylation sites (N-methyl/N-ethyl adjacent to an activating group) is 1. The average molecular weight is 517 g/mol. The Morgan fingerprint density at radius 1 is 1.13 bits per heavy atom. The van der Waals surface area contributed by atoms with Crippen molar-refractivity contribution in [1.29, 1.82) is 0 Å². The number of amides is 1. The van der Waals surface area contributed by atoms with Gasteiger partial charge in [-0.25, -0.2) is 0 Å². The van der Waals surface area contributed by atoms with Gasteiger partial charge in [0.1, 0.15) is 17.7 Å². The van der Waals surface area contributed by atoms with Crippen molar-refractivity contribution in [3.05, 3.63) is 60.3 Å². The molecule has 1 saturated heterocycles. The molecule has 9 nitrogen and oxygen atoms in total. The first-order valence-corrected chi connectivity index (χ1v) is 13.2. The van der Waals surface area contributed by atoms with E-state index >= 15 is 0 Å². The lowest BCUT2D eigenvalue weighted by atomic mass is 10.0. The van der Waals surface area contributed by atoms with Crippen molar-refractivity contribution in [1.82, 2.24) is 19.8 Å². The topological polar surface area (TPSA) is 85.3 Å². The highest BCUT2D eigenvalue weighted by molar-refractivity contribution is 5.95. The van der Waals surface area contributed by atoms with Crippen molar-refractivity contribution in [2.24, 2.45) is 0 Å². The molecule has 0 radical (unpaired) electrons. The molecule has 0 saturated carbocycles. The molecule has 5 rings (SSSR count). The molecule has 0 spiro atoms. The number of aromatic nitrogens is 2. The van der Waals surface area contributed by atoms with E-state index in [9.17, 15) is 9.90 Å². The van der Waals surface area contributed by atoms with Gasteiger partial charge in [0.25, 0.3) is 0 Å². The van der Waals surface area contributed by atoms with Crippen LogP contribution in [0.1, 0.15) is 18.2 Å². The number of anilines is 2. The number of piperazine rings is 1. The molecule has 3 aromatic rings. The van der Waals surface area contributed by atoms with E-state index in [-0.39, 0.29) is 17.8 Å². The summed E-state index contributed by atoms with van der Waals surface area (Å²) in [6, 6.07) is 12.1. The highest BCUT2D eigenvalue weighted by atomic mass is 16.5. The highest BCUT2D eigenvalue weighted by Gasteiger charge is 2.29. The third-order valence-electron chi connectivity index (χ3n) is 7.18. The number of carbonyl (C=O) groups is 1. The number of rotatable bonds is 7. The summed E-state index contributed by atoms with van der Waals surface area (Å²) >= 11 is 0. The van der Waals surface area contributed by atoms with E-state index in [1.54, 1.807) is 6.07 Å². The van der Waals surface area contributed by atoms with E-state index in [1.807, 2.05) is 50.2 Å². The Morgan fingerprint density at radius 2 is 1.89 bits per heavy atom. The lowest BCUT2D eigenvalue weighted by Gasteiger charge is -2.38. The second-order valence-electron chi connectivity index (χ2n) is 10.3. The van der Waals surface area contributed by atoms with Crippen molar-refractivity contribution in [2.75, 3.05) is 63.2 Å². The molecule has 200 valence electrons. The van der Waals surface area contributed by atoms with Crippen molar-refractivity contribution in [3.8, 4) is 11.8 Å². The Morgan fingerprint density at radius 3 is 2.63 bits per heavy atom. The zero-order valence-electron chi connectivity index (χ0n) is 22.4. The third kappa shape index (κ3) is 5.38. The van der Waals surface area contributed by atoms with Gasteiger partial charge in [-0.15, -0.1) is 0 Å². The minimum Gasteiger partial charge on any atom is -0.508 e. The van der Waals surface area contributed by atoms with E-state index in [4.69, 9.17) is 14.7 Å². The van der Waals surface area contributed by atoms with Gasteiger partial charge in [-0.2, -0.15) is 9.97 Å². The van der Waals surface area contributed by atoms with Crippen molar-refractivity contribution in [2.45, 2.75) is 26.0 Å². The molecule has 1 amide bonds. The van der Waals surface area contributed by atoms with Crippen LogP contribution in [0.2, 0.25) is 0 Å². The molecule has 1 aromatic heterocycles. The molecule has 1 N–H and O–H groups in total. The van der Waals surface area contributed by atoms with E-state index in [0.717, 1.165) is 53.0 Å². The van der Waals surface area contributed by atoms with Crippen LogP contribution < -0.4 is 14.5 Å². The molecule has 3 heterocycles. The summed E-state index contributed by atoms with van der Waals surface area (Å²) in [5.74, 6) is 1.11. The molecule has 2 aliphatic heterocycles. The number of hydrogen-bond acceptors (Lipinski definition) is 8. The maximum atomic E-state index is 12.1. The Labute approximate surface area is 223 Å². The highest BCUT2D eigenvalue weighted by Crippen LogP contribution is 2.36. The standard InChI is InChI=1S/C29H36N6O3/c1-5-27(37)33-12-14-34(15-13-33)28-24-10-11-35(26-17-22(36)16-21-8-6-7-9-23(21)26)19-25(24)30-29(31-28)38-20(2)18-32(3)4/h5-9,16-17,20,36H,1,10-15,18-19H2,2-4H3. The van der Waals surface area contributed by atoms with Crippen molar-refractivity contribution < 1.29 is 14.6 Å². The fraction of sp³-hybridized carbons (Fsp3) is 0.414. The lowest BCUT2D eigenvalue weighted by molar-refractivity contribution is -0.126. The van der Waals surface area contributed by atoms with Crippen LogP contribution in [-0.2, 0) is 17.8 Å². The molecule has 1 fully saturated rings. The normalized spacial score (nSPS) is 16.5. The average Bonchev–Trinajstić information content (AvgIpc) is 2.91. The number of phenolic OH excluding ortho intramolecular Hbond substituents is 1. The van der Waals surface area contributed by atoms with Gasteiger partial charge in [-0.1, -0.05) is 30.8 Å². The summed E-state index contributed by atoms with van der Waals surface area (Å²) < 4.78 is 6.20. The summed E-state index contributed by atoms with van der Waals surface area (Å²) in [4.78, 5) is 30.3. The second-order valence-corrected chi connectivity index (χ2v) is 10.3. The van der Waals surface area contributed by atoms with Gasteiger partial charge in [0.05, 0.1) is 12.2 Å². The largest absolute Gasteiger partial charge is 0.508 e. The van der Waals surface area contributed by atoms with Crippen LogP contribution in [0.5, 0.6) is 11.8 Å². The SMILES string of the molecule is C=CC(=O)N1CCN(c2nc(OC(C)CN(C)C)nc3c2CCN(c2cc(O)cc4ccccc24)C3)CC1. The maximum Gasteiger partial charge on any atom is 0.318 e. The molecular weight excluding hydrogens is 480 g/mol. The van der Waals surface area contributed by atoms with Crippen LogP contribution >= 0.6 is 0 Å². The van der Waals surface area contributed by atoms with Gasteiger partial charge < -0.3 is 29.4 Å². The minimum atomic E-state index is -0.0762. The summed E-state index contributed by atoms with van der Waals surface area (Å²) in [7, 11) is 4.03. The van der Waals surface area contributed by atoms with E-state index in [1.165, 1.54) is 6.08 Å². The van der Waals surface area contributed by atoms with Crippen LogP contribution in [0.25, 0.3) is 10.8 Å². The van der Waals surface area contributed by atoms with E-state index < -0.39 is 0 Å². The smallest absolute Gasteiger partial charge is 0.318 e. The van der Waals surface area contributed by atoms with Crippen LogP contribution in [0.3, 0.4) is 0 Å². The fourth-order valence-corrected chi connectivity index (χ4v) is 5.44. The number of benzene rings is 2. The number of phenols is 1. The third-order valence-corrected chi connectivity index (χ3v) is 7.18. The summed E-state index contributed by atoms with van der Waals surface area (Å²) in [6.07, 6.45) is 2.07. The minimum absolute atomic E-state index is 0.0371. The summed E-state index contributed by atoms with van der Waals surface area (Å²) in [5.41, 5.74) is 3.05. The van der Waals surface area contributed by atoms with Crippen LogP contribution in [0.15, 0.2) is 49.1 Å².